The fourth-order valence-electron chi connectivity index (χ4n) is 4.00. The molecule has 0 aliphatic carbocycles. The van der Waals surface area contributed by atoms with Gasteiger partial charge in [-0.25, -0.2) is 4.98 Å². The Kier molecular flexibility index (Phi) is 7.67. The Balaban J connectivity index is 1.56. The maximum atomic E-state index is 13.6. The summed E-state index contributed by atoms with van der Waals surface area (Å²) < 4.78 is 0. The van der Waals surface area contributed by atoms with Crippen LogP contribution in [0.5, 0.6) is 0 Å². The van der Waals surface area contributed by atoms with Crippen LogP contribution in [0.3, 0.4) is 0 Å². The van der Waals surface area contributed by atoms with Gasteiger partial charge in [0.2, 0.25) is 5.91 Å². The van der Waals surface area contributed by atoms with Gasteiger partial charge in [0.1, 0.15) is 11.9 Å². The number of anilines is 2. The van der Waals surface area contributed by atoms with Crippen LogP contribution in [0.25, 0.3) is 0 Å². The molecule has 186 valence electrons. The van der Waals surface area contributed by atoms with E-state index in [2.05, 4.69) is 15.6 Å². The Morgan fingerprint density at radius 3 is 2.53 bits per heavy atom. The van der Waals surface area contributed by atoms with Gasteiger partial charge in [-0.15, -0.1) is 0 Å². The Morgan fingerprint density at radius 2 is 1.86 bits per heavy atom. The number of carbonyl (C=O) groups excluding carboxylic acids is 3. The third kappa shape index (κ3) is 5.90. The van der Waals surface area contributed by atoms with Crippen molar-refractivity contribution in [2.24, 2.45) is 0 Å². The molecule has 1 aliphatic rings. The number of aromatic nitrogens is 1. The number of benzene rings is 2. The van der Waals surface area contributed by atoms with Crippen LogP contribution in [-0.2, 0) is 11.3 Å². The van der Waals surface area contributed by atoms with Gasteiger partial charge in [0.15, 0.2) is 0 Å². The second kappa shape index (κ2) is 10.9. The average molecular weight is 506 g/mol. The monoisotopic (exact) mass is 505 g/mol. The molecule has 3 aromatic rings. The second-order valence-corrected chi connectivity index (χ2v) is 9.53. The molecule has 1 atom stereocenters. The number of fused-ring (bicyclic) bond motifs is 1. The molecule has 0 fully saturated rings. The number of amides is 3. The van der Waals surface area contributed by atoms with Gasteiger partial charge in [0, 0.05) is 23.3 Å². The zero-order valence-electron chi connectivity index (χ0n) is 20.4. The number of pyridine rings is 1. The summed E-state index contributed by atoms with van der Waals surface area (Å²) in [6.07, 6.45) is 2.15. The van der Waals surface area contributed by atoms with Gasteiger partial charge >= 0.3 is 0 Å². The van der Waals surface area contributed by atoms with Crippen LogP contribution in [0.2, 0.25) is 5.02 Å². The standard InChI is InChI=1S/C27H28ClN5O3/c1-17-4-11-24(29-15-17)31-25(34)19-7-5-18(6-8-19)16-33-23(12-13-32(2)3)26(35)30-22-14-20(28)9-10-21(22)27(33)36/h4-11,14-15,23H,12-13,16H2,1-3H3,(H,30,35)(H,29,31,34). The summed E-state index contributed by atoms with van der Waals surface area (Å²) in [4.78, 5) is 47.1. The lowest BCUT2D eigenvalue weighted by molar-refractivity contribution is -0.120. The van der Waals surface area contributed by atoms with E-state index in [1.807, 2.05) is 32.0 Å². The van der Waals surface area contributed by atoms with E-state index in [0.717, 1.165) is 11.1 Å². The number of hydrogen-bond acceptors (Lipinski definition) is 5. The molecule has 0 saturated heterocycles. The smallest absolute Gasteiger partial charge is 0.256 e. The maximum absolute atomic E-state index is 13.6. The lowest BCUT2D eigenvalue weighted by Gasteiger charge is -2.29. The van der Waals surface area contributed by atoms with Gasteiger partial charge < -0.3 is 20.4 Å². The summed E-state index contributed by atoms with van der Waals surface area (Å²) in [5.74, 6) is -0.319. The third-order valence-corrected chi connectivity index (χ3v) is 6.22. The van der Waals surface area contributed by atoms with Crippen LogP contribution in [0.1, 0.15) is 38.3 Å². The van der Waals surface area contributed by atoms with E-state index in [0.29, 0.717) is 40.6 Å². The lowest BCUT2D eigenvalue weighted by atomic mass is 10.1. The van der Waals surface area contributed by atoms with Gasteiger partial charge in [0.05, 0.1) is 11.3 Å². The first-order chi connectivity index (χ1) is 17.2. The molecule has 8 nitrogen and oxygen atoms in total. The molecule has 2 heterocycles. The normalized spacial score (nSPS) is 15.4. The number of halogens is 1. The number of carbonyl (C=O) groups is 3. The van der Waals surface area contributed by atoms with E-state index >= 15 is 0 Å². The topological polar surface area (TPSA) is 94.6 Å². The van der Waals surface area contributed by atoms with E-state index in [9.17, 15) is 14.4 Å². The summed E-state index contributed by atoms with van der Waals surface area (Å²) in [6, 6.07) is 14.8. The molecule has 1 aromatic heterocycles. The number of nitrogens with one attached hydrogen (secondary N) is 2. The summed E-state index contributed by atoms with van der Waals surface area (Å²) in [5, 5.41) is 6.08. The van der Waals surface area contributed by atoms with Crippen LogP contribution in [-0.4, -0.2) is 59.2 Å². The van der Waals surface area contributed by atoms with E-state index in [1.54, 1.807) is 59.6 Å². The molecule has 3 amide bonds. The minimum atomic E-state index is -0.665. The Bertz CT molecular complexity index is 1280. The first kappa shape index (κ1) is 25.3. The maximum Gasteiger partial charge on any atom is 0.256 e. The highest BCUT2D eigenvalue weighted by atomic mass is 35.5. The second-order valence-electron chi connectivity index (χ2n) is 9.09. The predicted octanol–water partition coefficient (Wildman–Crippen LogP) is 4.21. The zero-order valence-corrected chi connectivity index (χ0v) is 21.2. The van der Waals surface area contributed by atoms with E-state index in [1.165, 1.54) is 0 Å². The summed E-state index contributed by atoms with van der Waals surface area (Å²) in [6.45, 7) is 2.77. The Labute approximate surface area is 215 Å². The molecule has 36 heavy (non-hydrogen) atoms. The highest BCUT2D eigenvalue weighted by Gasteiger charge is 2.35. The summed E-state index contributed by atoms with van der Waals surface area (Å²) in [7, 11) is 3.84. The average Bonchev–Trinajstić information content (AvgIpc) is 2.93. The van der Waals surface area contributed by atoms with Crippen LogP contribution < -0.4 is 10.6 Å². The van der Waals surface area contributed by atoms with Crippen molar-refractivity contribution in [3.8, 4) is 0 Å². The van der Waals surface area contributed by atoms with E-state index in [4.69, 9.17) is 11.6 Å². The van der Waals surface area contributed by atoms with Crippen molar-refractivity contribution in [3.63, 3.8) is 0 Å². The number of nitrogens with zero attached hydrogens (tertiary/aromatic N) is 3. The number of rotatable bonds is 7. The highest BCUT2D eigenvalue weighted by molar-refractivity contribution is 6.31. The minimum absolute atomic E-state index is 0.216. The number of aryl methyl sites for hydroxylation is 1. The van der Waals surface area contributed by atoms with Crippen LogP contribution in [0.15, 0.2) is 60.8 Å². The summed E-state index contributed by atoms with van der Waals surface area (Å²) >= 11 is 6.11. The largest absolute Gasteiger partial charge is 0.323 e. The molecule has 2 N–H and O–H groups in total. The first-order valence-electron chi connectivity index (χ1n) is 11.6. The van der Waals surface area contributed by atoms with E-state index in [-0.39, 0.29) is 24.3 Å². The fourth-order valence-corrected chi connectivity index (χ4v) is 4.17. The molecular formula is C27H28ClN5O3. The summed E-state index contributed by atoms with van der Waals surface area (Å²) in [5.41, 5.74) is 3.07. The quantitative estimate of drug-likeness (QED) is 0.501. The SMILES string of the molecule is Cc1ccc(NC(=O)c2ccc(CN3C(=O)c4ccc(Cl)cc4NC(=O)C3CCN(C)C)cc2)nc1. The van der Waals surface area contributed by atoms with Crippen molar-refractivity contribution in [1.82, 2.24) is 14.8 Å². The first-order valence-corrected chi connectivity index (χ1v) is 12.0. The van der Waals surface area contributed by atoms with Crippen LogP contribution in [0.4, 0.5) is 11.5 Å². The Morgan fingerprint density at radius 1 is 1.11 bits per heavy atom. The van der Waals surface area contributed by atoms with E-state index < -0.39 is 6.04 Å². The molecule has 4 rings (SSSR count). The van der Waals surface area contributed by atoms with Crippen molar-refractivity contribution in [3.05, 3.63) is 88.1 Å². The molecule has 0 radical (unpaired) electrons. The van der Waals surface area contributed by atoms with Gasteiger partial charge in [-0.1, -0.05) is 29.8 Å². The fraction of sp³-hybridized carbons (Fsp3) is 0.259. The molecule has 2 aromatic carbocycles. The van der Waals surface area contributed by atoms with Crippen molar-refractivity contribution < 1.29 is 14.4 Å². The highest BCUT2D eigenvalue weighted by Crippen LogP contribution is 2.28. The van der Waals surface area contributed by atoms with Crippen LogP contribution >= 0.6 is 11.6 Å². The van der Waals surface area contributed by atoms with Gasteiger partial charge in [0.25, 0.3) is 11.8 Å². The molecule has 1 unspecified atom stereocenters. The molecule has 0 saturated carbocycles. The molecule has 0 spiro atoms. The molecule has 0 bridgehead atoms. The predicted molar refractivity (Wildman–Crippen MR) is 140 cm³/mol. The molecule has 1 aliphatic heterocycles. The molecule has 9 heteroatoms. The van der Waals surface area contributed by atoms with Crippen molar-refractivity contribution in [2.75, 3.05) is 31.3 Å². The molecular weight excluding hydrogens is 478 g/mol. The van der Waals surface area contributed by atoms with Gasteiger partial charge in [-0.05, 0) is 81.5 Å². The van der Waals surface area contributed by atoms with Crippen molar-refractivity contribution in [2.45, 2.75) is 25.9 Å². The zero-order chi connectivity index (χ0) is 25.8. The third-order valence-electron chi connectivity index (χ3n) is 5.98. The number of hydrogen-bond donors (Lipinski definition) is 2. The lowest BCUT2D eigenvalue weighted by Crippen LogP contribution is -2.46. The van der Waals surface area contributed by atoms with Crippen molar-refractivity contribution in [1.29, 1.82) is 0 Å². The Hall–Kier alpha value is -3.75. The van der Waals surface area contributed by atoms with Gasteiger partial charge in [-0.3, -0.25) is 14.4 Å². The minimum Gasteiger partial charge on any atom is -0.323 e. The van der Waals surface area contributed by atoms with Gasteiger partial charge in [-0.2, -0.15) is 0 Å². The van der Waals surface area contributed by atoms with Crippen molar-refractivity contribution >= 4 is 40.8 Å². The van der Waals surface area contributed by atoms with Crippen LogP contribution in [0, 0.1) is 6.92 Å².